The van der Waals surface area contributed by atoms with E-state index in [9.17, 15) is 10.2 Å². The lowest BCUT2D eigenvalue weighted by Gasteiger charge is -2.35. The van der Waals surface area contributed by atoms with Gasteiger partial charge in [-0.05, 0) is 6.42 Å². The average Bonchev–Trinajstić information content (AvgIpc) is 2.01. The second-order valence-corrected chi connectivity index (χ2v) is 2.97. The Balaban J connectivity index is 0.00000121. The molecule has 4 atom stereocenters. The van der Waals surface area contributed by atoms with E-state index < -0.39 is 18.3 Å². The second kappa shape index (κ2) is 4.99. The van der Waals surface area contributed by atoms with Crippen LogP contribution >= 0.6 is 12.4 Å². The van der Waals surface area contributed by atoms with Crippen LogP contribution in [0.4, 0.5) is 0 Å². The van der Waals surface area contributed by atoms with Crippen molar-refractivity contribution < 1.29 is 15.3 Å². The Bertz CT molecular complexity index is 134. The van der Waals surface area contributed by atoms with Crippen LogP contribution < -0.4 is 5.32 Å². The number of hydrogen-bond donors (Lipinski definition) is 4. The van der Waals surface area contributed by atoms with Gasteiger partial charge in [0.05, 0.1) is 12.2 Å². The number of hydrogen-bond acceptors (Lipinski definition) is 4. The van der Waals surface area contributed by atoms with E-state index in [0.29, 0.717) is 6.54 Å². The lowest BCUT2D eigenvalue weighted by molar-refractivity contribution is -0.0943. The number of aliphatic hydroxyl groups is 3. The van der Waals surface area contributed by atoms with Crippen molar-refractivity contribution in [3.05, 3.63) is 0 Å². The molecule has 0 radical (unpaired) electrons. The zero-order valence-electron chi connectivity index (χ0n) is 6.97. The molecule has 74 valence electrons. The number of β-amino-alcohol motifs (C(OH)–C–C–N with tert-alkyl or cyclic N) is 1. The summed E-state index contributed by atoms with van der Waals surface area (Å²) < 4.78 is 0. The second-order valence-electron chi connectivity index (χ2n) is 2.97. The average molecular weight is 198 g/mol. The molecule has 4 N–H and O–H groups in total. The molecule has 0 aliphatic carbocycles. The van der Waals surface area contributed by atoms with Crippen LogP contribution in [0.3, 0.4) is 0 Å². The molecule has 12 heavy (non-hydrogen) atoms. The van der Waals surface area contributed by atoms with E-state index in [0.717, 1.165) is 6.42 Å². The number of rotatable bonds is 1. The zero-order valence-corrected chi connectivity index (χ0v) is 7.79. The van der Waals surface area contributed by atoms with E-state index in [1.807, 2.05) is 6.92 Å². The van der Waals surface area contributed by atoms with Gasteiger partial charge in [0.25, 0.3) is 0 Å². The van der Waals surface area contributed by atoms with Crippen LogP contribution in [0.15, 0.2) is 0 Å². The molecule has 1 saturated heterocycles. The van der Waals surface area contributed by atoms with E-state index in [2.05, 4.69) is 5.32 Å². The van der Waals surface area contributed by atoms with Crippen LogP contribution in [0.25, 0.3) is 0 Å². The van der Waals surface area contributed by atoms with Gasteiger partial charge in [0.1, 0.15) is 6.10 Å². The Labute approximate surface area is 78.0 Å². The SMILES string of the molecule is CC[C@H]1NC[C@@H](O)[C@H](O)[C@H]1O.Cl. The number of aliphatic hydroxyl groups excluding tert-OH is 3. The van der Waals surface area contributed by atoms with Crippen LogP contribution in [-0.4, -0.2) is 46.2 Å². The van der Waals surface area contributed by atoms with Crippen molar-refractivity contribution in [2.24, 2.45) is 0 Å². The van der Waals surface area contributed by atoms with Gasteiger partial charge < -0.3 is 20.6 Å². The maximum Gasteiger partial charge on any atom is 0.108 e. The van der Waals surface area contributed by atoms with Gasteiger partial charge in [-0.1, -0.05) is 6.92 Å². The van der Waals surface area contributed by atoms with E-state index in [1.165, 1.54) is 0 Å². The summed E-state index contributed by atoms with van der Waals surface area (Å²) in [5, 5.41) is 30.6. The van der Waals surface area contributed by atoms with Crippen LogP contribution in [0.2, 0.25) is 0 Å². The Morgan fingerprint density at radius 1 is 1.25 bits per heavy atom. The van der Waals surface area contributed by atoms with Crippen molar-refractivity contribution >= 4 is 12.4 Å². The summed E-state index contributed by atoms with van der Waals surface area (Å²) in [4.78, 5) is 0. The fourth-order valence-corrected chi connectivity index (χ4v) is 1.37. The smallest absolute Gasteiger partial charge is 0.108 e. The monoisotopic (exact) mass is 197 g/mol. The van der Waals surface area contributed by atoms with Crippen molar-refractivity contribution in [2.45, 2.75) is 37.7 Å². The zero-order chi connectivity index (χ0) is 8.43. The molecule has 0 aromatic heterocycles. The summed E-state index contributed by atoms with van der Waals surface area (Å²) in [6, 6.07) is -0.0894. The first-order valence-corrected chi connectivity index (χ1v) is 3.94. The molecule has 0 aromatic rings. The van der Waals surface area contributed by atoms with E-state index in [1.54, 1.807) is 0 Å². The van der Waals surface area contributed by atoms with E-state index in [-0.39, 0.29) is 18.4 Å². The largest absolute Gasteiger partial charge is 0.389 e. The summed E-state index contributed by atoms with van der Waals surface area (Å²) >= 11 is 0. The molecular weight excluding hydrogens is 182 g/mol. The molecule has 1 heterocycles. The van der Waals surface area contributed by atoms with Crippen LogP contribution in [0.5, 0.6) is 0 Å². The molecular formula is C7H16ClNO3. The Hall–Kier alpha value is 0.130. The minimum Gasteiger partial charge on any atom is -0.389 e. The highest BCUT2D eigenvalue weighted by atomic mass is 35.5. The van der Waals surface area contributed by atoms with Crippen LogP contribution in [0, 0.1) is 0 Å². The summed E-state index contributed by atoms with van der Waals surface area (Å²) in [5.74, 6) is 0. The third-order valence-corrected chi connectivity index (χ3v) is 2.19. The maximum absolute atomic E-state index is 9.34. The minimum absolute atomic E-state index is 0. The molecule has 4 nitrogen and oxygen atoms in total. The third-order valence-electron chi connectivity index (χ3n) is 2.19. The van der Waals surface area contributed by atoms with Gasteiger partial charge >= 0.3 is 0 Å². The quantitative estimate of drug-likeness (QED) is 0.430. The molecule has 0 spiro atoms. The predicted molar refractivity (Wildman–Crippen MR) is 47.4 cm³/mol. The van der Waals surface area contributed by atoms with Gasteiger partial charge in [-0.2, -0.15) is 0 Å². The first kappa shape index (κ1) is 12.1. The van der Waals surface area contributed by atoms with Crippen molar-refractivity contribution in [3.8, 4) is 0 Å². The minimum atomic E-state index is -0.999. The number of piperidine rings is 1. The van der Waals surface area contributed by atoms with Gasteiger partial charge in [0.15, 0.2) is 0 Å². The third kappa shape index (κ3) is 2.31. The summed E-state index contributed by atoms with van der Waals surface area (Å²) in [6.07, 6.45) is -1.93. The topological polar surface area (TPSA) is 72.7 Å². The van der Waals surface area contributed by atoms with E-state index >= 15 is 0 Å². The fraction of sp³-hybridized carbons (Fsp3) is 1.00. The summed E-state index contributed by atoms with van der Waals surface area (Å²) in [7, 11) is 0. The standard InChI is InChI=1S/C7H15NO3.ClH/c1-2-4-6(10)7(11)5(9)3-8-4;/h4-11H,2-3H2,1H3;1H/t4-,5-,6+,7+;/m1./s1. The van der Waals surface area contributed by atoms with Gasteiger partial charge in [-0.3, -0.25) is 0 Å². The molecule has 1 aliphatic rings. The van der Waals surface area contributed by atoms with Crippen molar-refractivity contribution in [3.63, 3.8) is 0 Å². The normalized spacial score (nSPS) is 42.0. The molecule has 0 amide bonds. The Morgan fingerprint density at radius 3 is 2.33 bits per heavy atom. The van der Waals surface area contributed by atoms with E-state index in [4.69, 9.17) is 5.11 Å². The van der Waals surface area contributed by atoms with Gasteiger partial charge in [0, 0.05) is 12.6 Å². The molecule has 1 rings (SSSR count). The summed E-state index contributed by atoms with van der Waals surface area (Å²) in [6.45, 7) is 2.28. The molecule has 1 fully saturated rings. The highest BCUT2D eigenvalue weighted by Gasteiger charge is 2.34. The van der Waals surface area contributed by atoms with Gasteiger partial charge in [0.2, 0.25) is 0 Å². The van der Waals surface area contributed by atoms with Crippen LogP contribution in [-0.2, 0) is 0 Å². The predicted octanol–water partition coefficient (Wildman–Crippen LogP) is -1.13. The van der Waals surface area contributed by atoms with Crippen molar-refractivity contribution in [2.75, 3.05) is 6.54 Å². The Morgan fingerprint density at radius 2 is 1.83 bits per heavy atom. The molecule has 0 saturated carbocycles. The highest BCUT2D eigenvalue weighted by Crippen LogP contribution is 2.12. The van der Waals surface area contributed by atoms with Crippen LogP contribution in [0.1, 0.15) is 13.3 Å². The molecule has 0 bridgehead atoms. The molecule has 1 aliphatic heterocycles. The Kier molecular flexibility index (Phi) is 5.04. The number of nitrogens with one attached hydrogen (secondary N) is 1. The lowest BCUT2D eigenvalue weighted by Crippen LogP contribution is -2.59. The molecule has 0 aromatic carbocycles. The fourth-order valence-electron chi connectivity index (χ4n) is 1.37. The molecule has 0 unspecified atom stereocenters. The number of halogens is 1. The van der Waals surface area contributed by atoms with Gasteiger partial charge in [-0.15, -0.1) is 12.4 Å². The van der Waals surface area contributed by atoms with Crippen molar-refractivity contribution in [1.82, 2.24) is 5.32 Å². The summed E-state index contributed by atoms with van der Waals surface area (Å²) in [5.41, 5.74) is 0. The highest BCUT2D eigenvalue weighted by molar-refractivity contribution is 5.85. The lowest BCUT2D eigenvalue weighted by atomic mass is 9.95. The first-order chi connectivity index (χ1) is 5.16. The first-order valence-electron chi connectivity index (χ1n) is 3.94. The maximum atomic E-state index is 9.34. The van der Waals surface area contributed by atoms with Crippen molar-refractivity contribution in [1.29, 1.82) is 0 Å². The van der Waals surface area contributed by atoms with Gasteiger partial charge in [-0.25, -0.2) is 0 Å². The molecule has 5 heteroatoms.